The number of cyclic esters (lactones) is 1. The van der Waals surface area contributed by atoms with E-state index in [1.807, 2.05) is 39.1 Å². The van der Waals surface area contributed by atoms with Crippen molar-refractivity contribution in [1.82, 2.24) is 30.2 Å². The molecule has 4 aliphatic heterocycles. The molecule has 3 amide bonds. The number of ether oxygens (including phenoxy) is 2. The Kier molecular flexibility index (Phi) is 14.4. The van der Waals surface area contributed by atoms with Crippen molar-refractivity contribution in [2.24, 2.45) is 23.4 Å². The fourth-order valence-electron chi connectivity index (χ4n) is 9.97. The van der Waals surface area contributed by atoms with Crippen LogP contribution in [0.3, 0.4) is 0 Å². The van der Waals surface area contributed by atoms with E-state index in [1.54, 1.807) is 33.2 Å². The van der Waals surface area contributed by atoms with Crippen LogP contribution in [-0.4, -0.2) is 130 Å². The molecule has 3 N–H and O–H groups in total. The molecule has 1 aromatic heterocycles. The highest BCUT2D eigenvalue weighted by molar-refractivity contribution is 5.95. The molecule has 5 atom stereocenters. The molecule has 2 saturated heterocycles. The lowest BCUT2D eigenvalue weighted by Gasteiger charge is -2.36. The van der Waals surface area contributed by atoms with Crippen molar-refractivity contribution in [2.75, 3.05) is 40.4 Å². The largest absolute Gasteiger partial charge is 0.508 e. The molecular weight excluding hydrogens is 841 g/mol. The van der Waals surface area contributed by atoms with Gasteiger partial charge in [0.05, 0.1) is 36.9 Å². The Balaban J connectivity index is 1.29. The van der Waals surface area contributed by atoms with E-state index in [-0.39, 0.29) is 49.8 Å². The topological polar surface area (TPSA) is 178 Å². The number of aliphatic imine (C=N–C) groups is 1. The fraction of sp³-hybridized carbons (Fsp3) is 0.540. The van der Waals surface area contributed by atoms with Gasteiger partial charge in [-0.05, 0) is 104 Å². The molecular formula is C50H65N8O8+. The number of methoxy groups -OCH3 is 1. The molecule has 6 bridgehead atoms. The minimum atomic E-state index is -1.17. The standard InChI is InChI=1S/C50H64N8O8/c1-10-13-43(60)56-21-18-35(28-56)58(64)55(8)45(30(2)3)47(61)52-41-24-32-22-34(25-36(59)23-32)33-16-17-42-38(26-33)39(46(54(42)7)37-14-11-19-51-44(37)31(4)65-9)27-50(5,6)29-66-49(63)40-15-12-20-57(53-40)48(41)62/h16-17,19,22-23,25-26,30-31,35,40-41,45,53H,11-12,14-15,18,20-21,24,27-29H2,1-9H3,(H-,52,59,61)/p+1/t31-,35-,40-,41-,45-/m0/s1. The predicted molar refractivity (Wildman–Crippen MR) is 252 cm³/mol. The lowest BCUT2D eigenvalue weighted by Crippen LogP contribution is -2.62. The van der Waals surface area contributed by atoms with E-state index in [0.717, 1.165) is 62.3 Å². The molecule has 2 aromatic carbocycles. The number of likely N-dealkylation sites (N-methyl/N-ethyl adjacent to an activating group) is 1. The molecule has 3 aromatic rings. The molecule has 7 rings (SSSR count). The second-order valence-electron chi connectivity index (χ2n) is 19.3. The number of nitrogens with zero attached hydrogens (tertiary/aromatic N) is 6. The lowest BCUT2D eigenvalue weighted by molar-refractivity contribution is -0.732. The van der Waals surface area contributed by atoms with Crippen LogP contribution in [0.2, 0.25) is 0 Å². The summed E-state index contributed by atoms with van der Waals surface area (Å²) in [6, 6.07) is 7.85. The molecule has 16 nitrogen and oxygen atoms in total. The van der Waals surface area contributed by atoms with Gasteiger partial charge in [-0.2, -0.15) is 0 Å². The number of amides is 3. The summed E-state index contributed by atoms with van der Waals surface area (Å²) in [5.41, 5.74) is 9.86. The van der Waals surface area contributed by atoms with Crippen LogP contribution in [0.1, 0.15) is 90.5 Å². The molecule has 0 unspecified atom stereocenters. The number of benzene rings is 2. The van der Waals surface area contributed by atoms with E-state index < -0.39 is 47.4 Å². The third-order valence-corrected chi connectivity index (χ3v) is 13.4. The van der Waals surface area contributed by atoms with E-state index in [4.69, 9.17) is 14.5 Å². The van der Waals surface area contributed by atoms with Crippen molar-refractivity contribution in [1.29, 1.82) is 0 Å². The zero-order valence-corrected chi connectivity index (χ0v) is 39.8. The van der Waals surface area contributed by atoms with Gasteiger partial charge in [0.15, 0.2) is 6.04 Å². The SMILES string of the molecule is CC#CC(=O)N1CC[C@H]([N+](=O)N(C)[C@H](C(=O)N[C@H]2Cc3cc(O)cc(c3)-c3ccc4c(c3)c(c(C3=C([C@H](C)OC)N=CCC3)n4C)CC(C)(C)COC(=O)[C@@H]3CCCN(N3)C2=O)C(C)C)C1. The van der Waals surface area contributed by atoms with Crippen molar-refractivity contribution in [3.63, 3.8) is 0 Å². The molecule has 0 aliphatic carbocycles. The fourth-order valence-corrected chi connectivity index (χ4v) is 9.97. The number of carbonyl (C=O) groups excluding carboxylic acids is 4. The number of carbonyl (C=O) groups is 4. The third-order valence-electron chi connectivity index (χ3n) is 13.4. The van der Waals surface area contributed by atoms with Crippen LogP contribution >= 0.6 is 0 Å². The van der Waals surface area contributed by atoms with Crippen LogP contribution in [-0.2, 0) is 48.5 Å². The number of phenols is 1. The van der Waals surface area contributed by atoms with Gasteiger partial charge in [0.1, 0.15) is 22.7 Å². The number of rotatable bonds is 9. The Labute approximate surface area is 387 Å². The summed E-state index contributed by atoms with van der Waals surface area (Å²) >= 11 is 0. The van der Waals surface area contributed by atoms with Gasteiger partial charge < -0.3 is 29.4 Å². The minimum Gasteiger partial charge on any atom is -0.508 e. The van der Waals surface area contributed by atoms with Gasteiger partial charge >= 0.3 is 5.97 Å². The van der Waals surface area contributed by atoms with E-state index in [9.17, 15) is 29.2 Å². The molecule has 4 aliphatic rings. The summed E-state index contributed by atoms with van der Waals surface area (Å²) in [5, 5.41) is 18.0. The molecule has 2 fully saturated rings. The van der Waals surface area contributed by atoms with Gasteiger partial charge in [0.2, 0.25) is 5.91 Å². The van der Waals surface area contributed by atoms with Gasteiger partial charge in [-0.15, -0.1) is 5.01 Å². The first-order valence-corrected chi connectivity index (χ1v) is 23.1. The zero-order chi connectivity index (χ0) is 47.6. The van der Waals surface area contributed by atoms with Crippen LogP contribution in [0.4, 0.5) is 0 Å². The Morgan fingerprint density at radius 3 is 2.61 bits per heavy atom. The maximum atomic E-state index is 14.7. The Morgan fingerprint density at radius 2 is 1.88 bits per heavy atom. The van der Waals surface area contributed by atoms with Crippen molar-refractivity contribution in [3.8, 4) is 28.7 Å². The summed E-state index contributed by atoms with van der Waals surface area (Å²) < 4.78 is 14.1. The van der Waals surface area contributed by atoms with Crippen LogP contribution in [0.15, 0.2) is 47.1 Å². The van der Waals surface area contributed by atoms with E-state index in [1.165, 1.54) is 14.9 Å². The molecule has 0 radical (unpaired) electrons. The second-order valence-corrected chi connectivity index (χ2v) is 19.3. The number of fused-ring (bicyclic) bond motifs is 6. The summed E-state index contributed by atoms with van der Waals surface area (Å²) in [5.74, 6) is 2.89. The summed E-state index contributed by atoms with van der Waals surface area (Å²) in [6.07, 6.45) is 5.18. The van der Waals surface area contributed by atoms with Gasteiger partial charge in [0, 0.05) is 73.9 Å². The van der Waals surface area contributed by atoms with Crippen LogP contribution in [0.25, 0.3) is 27.6 Å². The quantitative estimate of drug-likeness (QED) is 0.114. The minimum absolute atomic E-state index is 0.0113. The molecule has 66 heavy (non-hydrogen) atoms. The average Bonchev–Trinajstić information content (AvgIpc) is 3.89. The Bertz CT molecular complexity index is 2530. The molecule has 0 saturated carbocycles. The maximum Gasteiger partial charge on any atom is 0.324 e. The summed E-state index contributed by atoms with van der Waals surface area (Å²) in [6.45, 7) is 12.3. The molecule has 5 heterocycles. The highest BCUT2D eigenvalue weighted by Crippen LogP contribution is 2.41. The lowest BCUT2D eigenvalue weighted by atomic mass is 9.83. The number of allylic oxidation sites excluding steroid dienone is 1. The van der Waals surface area contributed by atoms with Gasteiger partial charge in [0.25, 0.3) is 17.9 Å². The number of likely N-dealkylation sites (tertiary alicyclic amines) is 1. The van der Waals surface area contributed by atoms with E-state index >= 15 is 0 Å². The van der Waals surface area contributed by atoms with Crippen LogP contribution in [0.5, 0.6) is 5.75 Å². The normalized spacial score (nSPS) is 22.1. The highest BCUT2D eigenvalue weighted by atomic mass is 16.5. The maximum absolute atomic E-state index is 14.7. The number of hydrogen-bond acceptors (Lipinski definition) is 10. The Morgan fingerprint density at radius 1 is 1.11 bits per heavy atom. The zero-order valence-electron chi connectivity index (χ0n) is 39.8. The smallest absolute Gasteiger partial charge is 0.324 e. The number of aromatic hydroxyl groups is 1. The highest BCUT2D eigenvalue weighted by Gasteiger charge is 2.45. The third kappa shape index (κ3) is 10.0. The monoisotopic (exact) mass is 905 g/mol. The first-order chi connectivity index (χ1) is 31.4. The van der Waals surface area contributed by atoms with Crippen LogP contribution < -0.4 is 10.7 Å². The number of nitrogens with one attached hydrogen (secondary N) is 2. The summed E-state index contributed by atoms with van der Waals surface area (Å²) in [4.78, 5) is 76.6. The first-order valence-electron chi connectivity index (χ1n) is 23.1. The first kappa shape index (κ1) is 47.9. The number of hydrogen-bond donors (Lipinski definition) is 3. The number of esters is 1. The van der Waals surface area contributed by atoms with Gasteiger partial charge in [-0.1, -0.05) is 45.7 Å². The van der Waals surface area contributed by atoms with Gasteiger partial charge in [-0.25, -0.2) is 5.43 Å². The van der Waals surface area contributed by atoms with Crippen molar-refractivity contribution in [3.05, 3.63) is 63.8 Å². The average molecular weight is 906 g/mol. The predicted octanol–water partition coefficient (Wildman–Crippen LogP) is 5.08. The van der Waals surface area contributed by atoms with E-state index in [0.29, 0.717) is 37.8 Å². The molecule has 16 heteroatoms. The summed E-state index contributed by atoms with van der Waals surface area (Å²) in [7, 11) is 5.29. The van der Waals surface area contributed by atoms with Crippen molar-refractivity contribution in [2.45, 2.75) is 117 Å². The Hall–Kier alpha value is -6.05. The number of nitroso groups, excluding NO2 is 1. The molecule has 0 spiro atoms. The van der Waals surface area contributed by atoms with Crippen LogP contribution in [0, 0.1) is 28.1 Å². The second kappa shape index (κ2) is 19.8. The number of phenolic OH excluding ortho intramolecular Hbond substituents is 1. The van der Waals surface area contributed by atoms with Crippen molar-refractivity contribution >= 4 is 46.4 Å². The molecule has 352 valence electrons. The van der Waals surface area contributed by atoms with Gasteiger partial charge in [-0.3, -0.25) is 29.2 Å². The number of aryl methyl sites for hydroxylation is 1. The number of aromatic nitrogens is 1. The van der Waals surface area contributed by atoms with Crippen molar-refractivity contribution < 1.29 is 38.6 Å². The van der Waals surface area contributed by atoms with E-state index in [2.05, 4.69) is 60.2 Å². The number of hydrazine groups is 2.